The molecule has 100 valence electrons. The largest absolute Gasteiger partial charge is 0.490 e. The maximum Gasteiger partial charge on any atom is 0.204 e. The number of hydrogen-bond donors (Lipinski definition) is 1. The highest BCUT2D eigenvalue weighted by Gasteiger charge is 2.19. The van der Waals surface area contributed by atoms with Crippen molar-refractivity contribution >= 4 is 11.6 Å². The summed E-state index contributed by atoms with van der Waals surface area (Å²) in [6.07, 6.45) is 8.19. The van der Waals surface area contributed by atoms with Gasteiger partial charge in [0.1, 0.15) is 6.33 Å². The monoisotopic (exact) mass is 250 g/mol. The summed E-state index contributed by atoms with van der Waals surface area (Å²) in [5, 5.41) is 0. The van der Waals surface area contributed by atoms with Gasteiger partial charge in [-0.1, -0.05) is 19.3 Å². The van der Waals surface area contributed by atoms with Crippen molar-refractivity contribution in [2.45, 2.75) is 32.1 Å². The highest BCUT2D eigenvalue weighted by molar-refractivity contribution is 5.62. The van der Waals surface area contributed by atoms with Gasteiger partial charge < -0.3 is 15.4 Å². The first-order chi connectivity index (χ1) is 8.72. The molecule has 1 aromatic heterocycles. The first-order valence-corrected chi connectivity index (χ1v) is 6.58. The molecule has 0 saturated heterocycles. The number of nitrogens with two attached hydrogens (primary N) is 1. The van der Waals surface area contributed by atoms with Gasteiger partial charge in [-0.05, 0) is 18.8 Å². The van der Waals surface area contributed by atoms with Crippen molar-refractivity contribution < 1.29 is 4.74 Å². The van der Waals surface area contributed by atoms with Crippen LogP contribution in [0.3, 0.4) is 0 Å². The smallest absolute Gasteiger partial charge is 0.204 e. The molecule has 0 aromatic carbocycles. The molecule has 1 saturated carbocycles. The average Bonchev–Trinajstić information content (AvgIpc) is 2.39. The Labute approximate surface area is 108 Å². The normalized spacial score (nSPS) is 16.6. The number of aromatic nitrogens is 2. The molecule has 0 spiro atoms. The Morgan fingerprint density at radius 3 is 2.72 bits per heavy atom. The van der Waals surface area contributed by atoms with E-state index in [0.717, 1.165) is 18.3 Å². The lowest BCUT2D eigenvalue weighted by Crippen LogP contribution is -2.28. The number of anilines is 2. The Bertz CT molecular complexity index is 391. The molecule has 5 nitrogen and oxygen atoms in total. The van der Waals surface area contributed by atoms with Gasteiger partial charge in [-0.2, -0.15) is 0 Å². The Kier molecular flexibility index (Phi) is 4.23. The van der Waals surface area contributed by atoms with Gasteiger partial charge in [0.25, 0.3) is 0 Å². The van der Waals surface area contributed by atoms with Crippen LogP contribution in [0.15, 0.2) is 6.33 Å². The van der Waals surface area contributed by atoms with Gasteiger partial charge in [-0.15, -0.1) is 0 Å². The summed E-state index contributed by atoms with van der Waals surface area (Å²) in [7, 11) is 3.64. The van der Waals surface area contributed by atoms with Crippen LogP contribution in [0.2, 0.25) is 0 Å². The number of nitrogen functional groups attached to an aromatic ring is 1. The summed E-state index contributed by atoms with van der Waals surface area (Å²) in [6, 6.07) is 0. The summed E-state index contributed by atoms with van der Waals surface area (Å²) in [5.74, 6) is 2.52. The summed E-state index contributed by atoms with van der Waals surface area (Å²) < 4.78 is 5.29. The lowest BCUT2D eigenvalue weighted by Gasteiger charge is -2.28. The summed E-state index contributed by atoms with van der Waals surface area (Å²) in [4.78, 5) is 10.4. The highest BCUT2D eigenvalue weighted by atomic mass is 16.5. The fraction of sp³-hybridized carbons (Fsp3) is 0.692. The minimum atomic E-state index is 0.401. The molecule has 18 heavy (non-hydrogen) atoms. The van der Waals surface area contributed by atoms with Crippen LogP contribution >= 0.6 is 0 Å². The quantitative estimate of drug-likeness (QED) is 0.886. The maximum absolute atomic E-state index is 5.80. The molecular formula is C13H22N4O. The van der Waals surface area contributed by atoms with E-state index in [4.69, 9.17) is 10.5 Å². The third kappa shape index (κ3) is 2.83. The molecular weight excluding hydrogens is 228 g/mol. The van der Waals surface area contributed by atoms with Gasteiger partial charge >= 0.3 is 0 Å². The van der Waals surface area contributed by atoms with E-state index < -0.39 is 0 Å². The highest BCUT2D eigenvalue weighted by Crippen LogP contribution is 2.31. The van der Waals surface area contributed by atoms with Crippen molar-refractivity contribution in [2.24, 2.45) is 5.92 Å². The molecule has 0 bridgehead atoms. The zero-order chi connectivity index (χ0) is 13.0. The number of nitrogens with zero attached hydrogens (tertiary/aromatic N) is 3. The topological polar surface area (TPSA) is 64.3 Å². The molecule has 0 unspecified atom stereocenters. The number of methoxy groups -OCH3 is 1. The molecule has 2 N–H and O–H groups in total. The van der Waals surface area contributed by atoms with Crippen LogP contribution in [0.5, 0.6) is 5.75 Å². The Hall–Kier alpha value is -1.52. The minimum absolute atomic E-state index is 0.401. The van der Waals surface area contributed by atoms with Crippen molar-refractivity contribution in [1.29, 1.82) is 0 Å². The number of rotatable bonds is 4. The van der Waals surface area contributed by atoms with Gasteiger partial charge in [0, 0.05) is 13.6 Å². The van der Waals surface area contributed by atoms with Gasteiger partial charge in [0.2, 0.25) is 5.75 Å². The average molecular weight is 250 g/mol. The van der Waals surface area contributed by atoms with E-state index in [9.17, 15) is 0 Å². The van der Waals surface area contributed by atoms with Crippen LogP contribution in [0, 0.1) is 5.92 Å². The lowest BCUT2D eigenvalue weighted by atomic mass is 9.89. The zero-order valence-electron chi connectivity index (χ0n) is 11.2. The molecule has 5 heteroatoms. The van der Waals surface area contributed by atoms with Crippen LogP contribution in [-0.2, 0) is 0 Å². The molecule has 0 amide bonds. The van der Waals surface area contributed by atoms with E-state index in [1.807, 2.05) is 7.05 Å². The second-order valence-electron chi connectivity index (χ2n) is 5.00. The molecule has 0 radical (unpaired) electrons. The molecule has 1 heterocycles. The Morgan fingerprint density at radius 1 is 1.33 bits per heavy atom. The van der Waals surface area contributed by atoms with E-state index in [-0.39, 0.29) is 0 Å². The fourth-order valence-corrected chi connectivity index (χ4v) is 2.69. The van der Waals surface area contributed by atoms with E-state index in [1.54, 1.807) is 7.11 Å². The van der Waals surface area contributed by atoms with Crippen LogP contribution in [0.1, 0.15) is 32.1 Å². The predicted molar refractivity (Wildman–Crippen MR) is 72.8 cm³/mol. The van der Waals surface area contributed by atoms with Crippen LogP contribution in [0.25, 0.3) is 0 Å². The number of ether oxygens (including phenoxy) is 1. The van der Waals surface area contributed by atoms with E-state index in [1.165, 1.54) is 38.4 Å². The SMILES string of the molecule is COc1c(N)ncnc1N(C)CC1CCCCC1. The minimum Gasteiger partial charge on any atom is -0.490 e. The summed E-state index contributed by atoms with van der Waals surface area (Å²) in [5.41, 5.74) is 5.80. The zero-order valence-corrected chi connectivity index (χ0v) is 11.2. The molecule has 1 aromatic rings. The molecule has 0 aliphatic heterocycles. The van der Waals surface area contributed by atoms with Gasteiger partial charge in [0.15, 0.2) is 11.6 Å². The van der Waals surface area contributed by atoms with Crippen molar-refractivity contribution in [2.75, 3.05) is 31.3 Å². The summed E-state index contributed by atoms with van der Waals surface area (Å²) >= 11 is 0. The molecule has 1 aliphatic rings. The first kappa shape index (κ1) is 12.9. The molecule has 1 aliphatic carbocycles. The predicted octanol–water partition coefficient (Wildman–Crippen LogP) is 2.08. The van der Waals surface area contributed by atoms with Crippen LogP contribution in [0.4, 0.5) is 11.6 Å². The van der Waals surface area contributed by atoms with Crippen molar-refractivity contribution in [3.05, 3.63) is 6.33 Å². The van der Waals surface area contributed by atoms with Gasteiger partial charge in [-0.3, -0.25) is 0 Å². The van der Waals surface area contributed by atoms with Crippen molar-refractivity contribution in [3.8, 4) is 5.75 Å². The third-order valence-electron chi connectivity index (χ3n) is 3.64. The second kappa shape index (κ2) is 5.89. The Balaban J connectivity index is 2.07. The first-order valence-electron chi connectivity index (χ1n) is 6.58. The molecule has 1 fully saturated rings. The number of hydrogen-bond acceptors (Lipinski definition) is 5. The maximum atomic E-state index is 5.80. The van der Waals surface area contributed by atoms with Crippen molar-refractivity contribution in [1.82, 2.24) is 9.97 Å². The van der Waals surface area contributed by atoms with E-state index in [0.29, 0.717) is 11.6 Å². The van der Waals surface area contributed by atoms with Crippen LogP contribution < -0.4 is 15.4 Å². The van der Waals surface area contributed by atoms with E-state index >= 15 is 0 Å². The second-order valence-corrected chi connectivity index (χ2v) is 5.00. The van der Waals surface area contributed by atoms with Crippen molar-refractivity contribution in [3.63, 3.8) is 0 Å². The summed E-state index contributed by atoms with van der Waals surface area (Å²) in [6.45, 7) is 1.01. The fourth-order valence-electron chi connectivity index (χ4n) is 2.69. The third-order valence-corrected chi connectivity index (χ3v) is 3.64. The molecule has 0 atom stereocenters. The standard InChI is InChI=1S/C13H22N4O/c1-17(8-10-6-4-3-5-7-10)13-11(18-2)12(14)15-9-16-13/h9-10H,3-8H2,1-2H3,(H2,14,15,16). The molecule has 2 rings (SSSR count). The van der Waals surface area contributed by atoms with Crippen LogP contribution in [-0.4, -0.2) is 30.7 Å². The Morgan fingerprint density at radius 2 is 2.06 bits per heavy atom. The lowest BCUT2D eigenvalue weighted by molar-refractivity contribution is 0.359. The van der Waals surface area contributed by atoms with E-state index in [2.05, 4.69) is 14.9 Å². The van der Waals surface area contributed by atoms with Gasteiger partial charge in [-0.25, -0.2) is 9.97 Å². The van der Waals surface area contributed by atoms with Gasteiger partial charge in [0.05, 0.1) is 7.11 Å².